The predicted molar refractivity (Wildman–Crippen MR) is 186 cm³/mol. The SMILES string of the molecule is CC(=O)N[C@H]1[C@H](OC[C@H]2O[C@@H](O)[C@@H](NC(C)=O)[C@@H](O)[C@@H]2O)O[C@H](CO)[C@@H](O[C@@H]2O[C@H](CO)[C@@H](O)[C@H](O[C@]3(C(=O)O)C[C@H](O)[C@@H](NC(C)=O)[C@H]([C@H](O)[C@H](O)CO)O3)[C@@H]2O)[C@@H]1O. The summed E-state index contributed by atoms with van der Waals surface area (Å²) in [6, 6.07) is -4.63. The van der Waals surface area contributed by atoms with Gasteiger partial charge in [0.25, 0.3) is 5.79 Å². The molecule has 0 aromatic heterocycles. The number of carbonyl (C=O) groups is 4. The van der Waals surface area contributed by atoms with Crippen LogP contribution >= 0.6 is 0 Å². The molecule has 0 radical (unpaired) electrons. The zero-order valence-corrected chi connectivity index (χ0v) is 32.4. The van der Waals surface area contributed by atoms with Crippen LogP contribution in [0.25, 0.3) is 0 Å². The number of hydrogen-bond acceptors (Lipinski definition) is 23. The number of aliphatic carboxylic acids is 1. The molecule has 0 aliphatic carbocycles. The van der Waals surface area contributed by atoms with Gasteiger partial charge in [-0.2, -0.15) is 0 Å². The number of rotatable bonds is 16. The highest BCUT2D eigenvalue weighted by molar-refractivity contribution is 5.77. The van der Waals surface area contributed by atoms with Gasteiger partial charge >= 0.3 is 5.97 Å². The molecule has 0 bridgehead atoms. The molecule has 0 aromatic rings. The molecule has 4 rings (SSSR count). The minimum atomic E-state index is -3.11. The summed E-state index contributed by atoms with van der Waals surface area (Å²) in [4.78, 5) is 48.5. The van der Waals surface area contributed by atoms with Crippen molar-refractivity contribution in [3.63, 3.8) is 0 Å². The van der Waals surface area contributed by atoms with Crippen LogP contribution in [0.2, 0.25) is 0 Å². The first-order valence-electron chi connectivity index (χ1n) is 18.7. The van der Waals surface area contributed by atoms with Crippen LogP contribution in [0.15, 0.2) is 0 Å². The normalized spacial score (nSPS) is 43.3. The van der Waals surface area contributed by atoms with Gasteiger partial charge in [-0.05, 0) is 0 Å². The van der Waals surface area contributed by atoms with E-state index in [0.29, 0.717) is 0 Å². The van der Waals surface area contributed by atoms with Gasteiger partial charge in [-0.1, -0.05) is 0 Å². The topological polar surface area (TPSA) is 432 Å². The highest BCUT2D eigenvalue weighted by Gasteiger charge is 2.60. The van der Waals surface area contributed by atoms with Crippen LogP contribution in [0.1, 0.15) is 27.2 Å². The molecule has 4 aliphatic rings. The number of aliphatic hydroxyl groups is 12. The lowest BCUT2D eigenvalue weighted by atomic mass is 9.88. The van der Waals surface area contributed by atoms with Crippen molar-refractivity contribution in [1.82, 2.24) is 16.0 Å². The minimum Gasteiger partial charge on any atom is -0.477 e. The van der Waals surface area contributed by atoms with E-state index in [0.717, 1.165) is 20.8 Å². The Balaban J connectivity index is 1.58. The van der Waals surface area contributed by atoms with Crippen LogP contribution < -0.4 is 16.0 Å². The van der Waals surface area contributed by atoms with Crippen molar-refractivity contribution in [3.05, 3.63) is 0 Å². The summed E-state index contributed by atoms with van der Waals surface area (Å²) in [7, 11) is 0. The molecular formula is C33H55N3O24. The number of nitrogens with one attached hydrogen (secondary N) is 3. The van der Waals surface area contributed by atoms with Gasteiger partial charge in [0.15, 0.2) is 18.9 Å². The lowest BCUT2D eigenvalue weighted by Crippen LogP contribution is -2.71. The van der Waals surface area contributed by atoms with Crippen molar-refractivity contribution in [1.29, 1.82) is 0 Å². The van der Waals surface area contributed by atoms with Gasteiger partial charge in [0, 0.05) is 27.2 Å². The van der Waals surface area contributed by atoms with Gasteiger partial charge in [0.1, 0.15) is 91.4 Å². The highest BCUT2D eigenvalue weighted by atomic mass is 16.8. The van der Waals surface area contributed by atoms with Crippen molar-refractivity contribution >= 4 is 23.7 Å². The van der Waals surface area contributed by atoms with Crippen molar-refractivity contribution < 1.29 is 119 Å². The first kappa shape index (κ1) is 49.8. The summed E-state index contributed by atoms with van der Waals surface area (Å²) < 4.78 is 39.3. The Bertz CT molecular complexity index is 1470. The molecular weight excluding hydrogens is 822 g/mol. The summed E-state index contributed by atoms with van der Waals surface area (Å²) in [5, 5.41) is 145. The summed E-state index contributed by atoms with van der Waals surface area (Å²) in [6.45, 7) is -0.653. The Morgan fingerprint density at radius 1 is 0.683 bits per heavy atom. The van der Waals surface area contributed by atoms with Crippen molar-refractivity contribution in [2.45, 2.75) is 155 Å². The second-order valence-electron chi connectivity index (χ2n) is 14.8. The van der Waals surface area contributed by atoms with Crippen LogP contribution in [0.5, 0.6) is 0 Å². The summed E-state index contributed by atoms with van der Waals surface area (Å²) in [6.07, 6.45) is -33.6. The summed E-state index contributed by atoms with van der Waals surface area (Å²) in [5.41, 5.74) is 0. The molecule has 4 aliphatic heterocycles. The molecule has 3 amide bonds. The summed E-state index contributed by atoms with van der Waals surface area (Å²) in [5.74, 6) is -7.34. The van der Waals surface area contributed by atoms with E-state index in [1.165, 1.54) is 0 Å². The van der Waals surface area contributed by atoms with Crippen molar-refractivity contribution in [3.8, 4) is 0 Å². The second kappa shape index (κ2) is 21.0. The number of ether oxygens (including phenoxy) is 7. The van der Waals surface area contributed by atoms with E-state index in [2.05, 4.69) is 16.0 Å². The fraction of sp³-hybridized carbons (Fsp3) is 0.879. The molecule has 0 saturated carbocycles. The molecule has 4 heterocycles. The Kier molecular flexibility index (Phi) is 17.4. The number of hydrogen-bond donors (Lipinski definition) is 16. The predicted octanol–water partition coefficient (Wildman–Crippen LogP) is -10.1. The smallest absolute Gasteiger partial charge is 0.364 e. The maximum atomic E-state index is 12.8. The number of amides is 3. The number of aliphatic hydroxyl groups excluding tert-OH is 12. The number of carboxylic acid groups (broad SMARTS) is 1. The fourth-order valence-corrected chi connectivity index (χ4v) is 7.36. The number of carboxylic acids is 1. The Morgan fingerprint density at radius 2 is 1.25 bits per heavy atom. The lowest BCUT2D eigenvalue weighted by molar-refractivity contribution is -0.383. The van der Waals surface area contributed by atoms with Gasteiger partial charge in [-0.15, -0.1) is 0 Å². The number of carbonyl (C=O) groups excluding carboxylic acids is 3. The lowest BCUT2D eigenvalue weighted by Gasteiger charge is -2.51. The van der Waals surface area contributed by atoms with E-state index in [4.69, 9.17) is 33.2 Å². The van der Waals surface area contributed by atoms with Gasteiger partial charge in [-0.3, -0.25) is 14.4 Å². The molecule has 27 heteroatoms. The molecule has 27 nitrogen and oxygen atoms in total. The van der Waals surface area contributed by atoms with E-state index in [9.17, 15) is 85.6 Å². The van der Waals surface area contributed by atoms with Crippen molar-refractivity contribution in [2.24, 2.45) is 0 Å². The van der Waals surface area contributed by atoms with Crippen molar-refractivity contribution in [2.75, 3.05) is 26.4 Å². The third kappa shape index (κ3) is 11.0. The van der Waals surface area contributed by atoms with Gasteiger partial charge in [0.2, 0.25) is 17.7 Å². The first-order chi connectivity index (χ1) is 28.1. The van der Waals surface area contributed by atoms with Crippen LogP contribution in [-0.2, 0) is 52.3 Å². The average molecular weight is 878 g/mol. The third-order valence-electron chi connectivity index (χ3n) is 10.4. The highest BCUT2D eigenvalue weighted by Crippen LogP contribution is 2.38. The largest absolute Gasteiger partial charge is 0.477 e. The Hall–Kier alpha value is -2.88. The van der Waals surface area contributed by atoms with E-state index in [1.807, 2.05) is 0 Å². The molecule has 346 valence electrons. The molecule has 0 unspecified atom stereocenters. The summed E-state index contributed by atoms with van der Waals surface area (Å²) >= 11 is 0. The van der Waals surface area contributed by atoms with Gasteiger partial charge in [0.05, 0.1) is 38.6 Å². The fourth-order valence-electron chi connectivity index (χ4n) is 7.36. The molecule has 0 aromatic carbocycles. The zero-order valence-electron chi connectivity index (χ0n) is 32.4. The first-order valence-corrected chi connectivity index (χ1v) is 18.7. The van der Waals surface area contributed by atoms with Crippen LogP contribution in [0.4, 0.5) is 0 Å². The minimum absolute atomic E-state index is 0.652. The molecule has 60 heavy (non-hydrogen) atoms. The maximum Gasteiger partial charge on any atom is 0.364 e. The second-order valence-corrected chi connectivity index (χ2v) is 14.8. The molecule has 16 N–H and O–H groups in total. The standard InChI is InChI=1S/C33H55N3O24/c1-9(40)34-17-12(43)4-33(32(52)53,59-27(17)20(45)13(44)5-37)60-28-22(47)14(6-38)56-31(25(28)50)58-26-15(7-39)57-30(19(24(26)49)36-11(3)42)54-8-16-21(46)23(48)18(29(51)55-16)35-10(2)41/h12-31,37-39,43-51H,4-8H2,1-3H3,(H,34,40)(H,35,41)(H,36,42)(H,52,53)/t12-,13+,14+,15+,16+,17+,18-,19+,20+,21+,22+,23+,24+,25-,26+,27+,28-,29+,30+,31-,33-/m0/s1. The van der Waals surface area contributed by atoms with Crippen LogP contribution in [0, 0.1) is 0 Å². The molecule has 4 fully saturated rings. The monoisotopic (exact) mass is 877 g/mol. The molecule has 0 spiro atoms. The maximum absolute atomic E-state index is 12.8. The van der Waals surface area contributed by atoms with Gasteiger partial charge < -0.3 is 115 Å². The van der Waals surface area contributed by atoms with E-state index >= 15 is 0 Å². The van der Waals surface area contributed by atoms with E-state index in [1.54, 1.807) is 0 Å². The van der Waals surface area contributed by atoms with E-state index in [-0.39, 0.29) is 0 Å². The quantitative estimate of drug-likeness (QED) is 0.0684. The Labute approximate surface area is 340 Å². The van der Waals surface area contributed by atoms with Gasteiger partial charge in [-0.25, -0.2) is 4.79 Å². The Morgan fingerprint density at radius 3 is 1.80 bits per heavy atom. The zero-order chi connectivity index (χ0) is 45.0. The van der Waals surface area contributed by atoms with E-state index < -0.39 is 185 Å². The molecule has 4 saturated heterocycles. The third-order valence-corrected chi connectivity index (χ3v) is 10.4. The van der Waals surface area contributed by atoms with Crippen LogP contribution in [-0.4, -0.2) is 245 Å². The molecule has 21 atom stereocenters. The van der Waals surface area contributed by atoms with Crippen LogP contribution in [0.3, 0.4) is 0 Å². The average Bonchev–Trinajstić information content (AvgIpc) is 3.18.